The zero-order valence-electron chi connectivity index (χ0n) is 19.7. The molecule has 0 radical (unpaired) electrons. The number of fused-ring (bicyclic) bond motifs is 2. The summed E-state index contributed by atoms with van der Waals surface area (Å²) >= 11 is 7.19. The van der Waals surface area contributed by atoms with Crippen molar-refractivity contribution < 1.29 is 28.4 Å². The van der Waals surface area contributed by atoms with E-state index in [0.29, 0.717) is 34.5 Å². The first-order valence-electron chi connectivity index (χ1n) is 10.3. The molecule has 0 spiro atoms. The van der Waals surface area contributed by atoms with Crippen LogP contribution in [0, 0.1) is 0 Å². The fourth-order valence-electron chi connectivity index (χ4n) is 4.37. The van der Waals surface area contributed by atoms with Crippen LogP contribution in [0.2, 0.25) is 0 Å². The Hall–Kier alpha value is -2.84. The molecule has 0 aliphatic rings. The van der Waals surface area contributed by atoms with Crippen LogP contribution in [-0.4, -0.2) is 42.7 Å². The minimum Gasteiger partial charge on any atom is -0.496 e. The summed E-state index contributed by atoms with van der Waals surface area (Å²) in [6.07, 6.45) is 0. The predicted molar refractivity (Wildman–Crippen MR) is 142 cm³/mol. The molecular formula is C26H24Br2O6. The van der Waals surface area contributed by atoms with Crippen LogP contribution in [0.5, 0.6) is 34.5 Å². The molecule has 0 aliphatic carbocycles. The molecule has 0 amide bonds. The van der Waals surface area contributed by atoms with Crippen molar-refractivity contribution in [2.24, 2.45) is 0 Å². The fraction of sp³-hybridized carbons (Fsp3) is 0.231. The van der Waals surface area contributed by atoms with E-state index in [1.807, 2.05) is 36.4 Å². The Bertz CT molecular complexity index is 1290. The van der Waals surface area contributed by atoms with Gasteiger partial charge in [-0.05, 0) is 68.3 Å². The van der Waals surface area contributed by atoms with Crippen LogP contribution in [0.1, 0.15) is 0 Å². The molecule has 0 saturated carbocycles. The Morgan fingerprint density at radius 1 is 0.471 bits per heavy atom. The lowest BCUT2D eigenvalue weighted by Crippen LogP contribution is -1.99. The van der Waals surface area contributed by atoms with E-state index in [4.69, 9.17) is 28.4 Å². The molecule has 0 aliphatic heterocycles. The summed E-state index contributed by atoms with van der Waals surface area (Å²) in [5, 5.41) is 3.30. The van der Waals surface area contributed by atoms with E-state index in [0.717, 1.165) is 41.6 Å². The van der Waals surface area contributed by atoms with Gasteiger partial charge < -0.3 is 28.4 Å². The predicted octanol–water partition coefficient (Wildman–Crippen LogP) is 7.24. The molecule has 0 N–H and O–H groups in total. The average Bonchev–Trinajstić information content (AvgIpc) is 2.86. The quantitative estimate of drug-likeness (QED) is 0.226. The van der Waals surface area contributed by atoms with Crippen molar-refractivity contribution in [3.05, 3.63) is 45.3 Å². The fourth-order valence-corrected chi connectivity index (χ4v) is 5.50. The molecule has 178 valence electrons. The lowest BCUT2D eigenvalue weighted by Gasteiger charge is -2.21. The molecule has 0 fully saturated rings. The van der Waals surface area contributed by atoms with Crippen molar-refractivity contribution in [1.29, 1.82) is 0 Å². The van der Waals surface area contributed by atoms with Crippen LogP contribution in [0.15, 0.2) is 45.3 Å². The highest BCUT2D eigenvalue weighted by atomic mass is 79.9. The van der Waals surface area contributed by atoms with Crippen molar-refractivity contribution in [3.63, 3.8) is 0 Å². The van der Waals surface area contributed by atoms with Gasteiger partial charge in [-0.25, -0.2) is 0 Å². The molecule has 0 bridgehead atoms. The second-order valence-corrected chi connectivity index (χ2v) is 9.03. The van der Waals surface area contributed by atoms with Crippen molar-refractivity contribution in [2.75, 3.05) is 42.7 Å². The zero-order chi connectivity index (χ0) is 24.6. The van der Waals surface area contributed by atoms with Crippen LogP contribution in [0.25, 0.3) is 32.7 Å². The minimum absolute atomic E-state index is 0.632. The van der Waals surface area contributed by atoms with Crippen molar-refractivity contribution in [2.45, 2.75) is 0 Å². The minimum atomic E-state index is 0.632. The standard InChI is InChI=1S/C26H24Br2O6/c1-29-19-11-17(27)25(33-5)21-15(19)9-7-13(23(21)31-3)14-8-10-16-20(30-2)12-18(28)26(34-6)22(16)24(14)32-4/h7-12H,1-6H3. The van der Waals surface area contributed by atoms with E-state index < -0.39 is 0 Å². The number of rotatable bonds is 7. The van der Waals surface area contributed by atoms with Crippen LogP contribution in [0.3, 0.4) is 0 Å². The maximum Gasteiger partial charge on any atom is 0.144 e. The molecule has 4 aromatic carbocycles. The Kier molecular flexibility index (Phi) is 7.00. The molecule has 0 aromatic heterocycles. The number of hydrogen-bond acceptors (Lipinski definition) is 6. The number of ether oxygens (including phenoxy) is 6. The Morgan fingerprint density at radius 2 is 0.824 bits per heavy atom. The van der Waals surface area contributed by atoms with E-state index in [1.54, 1.807) is 42.7 Å². The third-order valence-corrected chi connectivity index (χ3v) is 6.97. The SMILES string of the molecule is COc1cc(Br)c(OC)c2c(OC)c(-c3ccc4c(OC)cc(Br)c(OC)c4c3OC)ccc12. The Balaban J connectivity index is 2.17. The molecule has 0 unspecified atom stereocenters. The van der Waals surface area contributed by atoms with Crippen molar-refractivity contribution >= 4 is 53.4 Å². The Labute approximate surface area is 214 Å². The molecule has 0 atom stereocenters. The molecule has 0 saturated heterocycles. The van der Waals surface area contributed by atoms with Crippen molar-refractivity contribution in [1.82, 2.24) is 0 Å². The van der Waals surface area contributed by atoms with Gasteiger partial charge in [0.05, 0.1) is 62.4 Å². The summed E-state index contributed by atoms with van der Waals surface area (Å²) in [4.78, 5) is 0. The van der Waals surface area contributed by atoms with Gasteiger partial charge in [-0.15, -0.1) is 0 Å². The summed E-state index contributed by atoms with van der Waals surface area (Å²) in [5.41, 5.74) is 1.65. The topological polar surface area (TPSA) is 55.4 Å². The number of benzene rings is 4. The molecule has 4 aromatic rings. The van der Waals surface area contributed by atoms with E-state index in [9.17, 15) is 0 Å². The van der Waals surface area contributed by atoms with Gasteiger partial charge in [-0.3, -0.25) is 0 Å². The summed E-state index contributed by atoms with van der Waals surface area (Å²) in [6.45, 7) is 0. The lowest BCUT2D eigenvalue weighted by molar-refractivity contribution is 0.397. The number of halogens is 2. The molecule has 8 heteroatoms. The number of hydrogen-bond donors (Lipinski definition) is 0. The van der Waals surface area contributed by atoms with Crippen LogP contribution < -0.4 is 28.4 Å². The maximum absolute atomic E-state index is 5.97. The normalized spacial score (nSPS) is 10.9. The molecule has 6 nitrogen and oxygen atoms in total. The average molecular weight is 592 g/mol. The van der Waals surface area contributed by atoms with Gasteiger partial charge in [0.25, 0.3) is 0 Å². The zero-order valence-corrected chi connectivity index (χ0v) is 22.8. The second kappa shape index (κ2) is 9.80. The summed E-state index contributed by atoms with van der Waals surface area (Å²) in [5.74, 6) is 3.97. The van der Waals surface area contributed by atoms with Gasteiger partial charge in [0.2, 0.25) is 0 Å². The smallest absolute Gasteiger partial charge is 0.144 e. The third kappa shape index (κ3) is 3.69. The van der Waals surface area contributed by atoms with E-state index in [1.165, 1.54) is 0 Å². The highest BCUT2D eigenvalue weighted by Gasteiger charge is 2.24. The van der Waals surface area contributed by atoms with Crippen molar-refractivity contribution in [3.8, 4) is 45.6 Å². The highest BCUT2D eigenvalue weighted by molar-refractivity contribution is 9.11. The molecule has 0 heterocycles. The summed E-state index contributed by atoms with van der Waals surface area (Å²) < 4.78 is 36.2. The van der Waals surface area contributed by atoms with Crippen LogP contribution in [0.4, 0.5) is 0 Å². The van der Waals surface area contributed by atoms with Gasteiger partial charge in [-0.1, -0.05) is 0 Å². The van der Waals surface area contributed by atoms with E-state index >= 15 is 0 Å². The highest BCUT2D eigenvalue weighted by Crippen LogP contribution is 2.52. The van der Waals surface area contributed by atoms with E-state index in [-0.39, 0.29) is 0 Å². The first-order chi connectivity index (χ1) is 16.4. The van der Waals surface area contributed by atoms with Gasteiger partial charge in [-0.2, -0.15) is 0 Å². The summed E-state index contributed by atoms with van der Waals surface area (Å²) in [6, 6.07) is 11.7. The Morgan fingerprint density at radius 3 is 1.12 bits per heavy atom. The number of methoxy groups -OCH3 is 6. The van der Waals surface area contributed by atoms with Gasteiger partial charge in [0.1, 0.15) is 34.5 Å². The maximum atomic E-state index is 5.97. The van der Waals surface area contributed by atoms with Crippen LogP contribution in [-0.2, 0) is 0 Å². The van der Waals surface area contributed by atoms with Gasteiger partial charge in [0.15, 0.2) is 0 Å². The van der Waals surface area contributed by atoms with Crippen LogP contribution >= 0.6 is 31.9 Å². The lowest BCUT2D eigenvalue weighted by atomic mass is 9.94. The largest absolute Gasteiger partial charge is 0.496 e. The molecule has 4 rings (SSSR count). The third-order valence-electron chi connectivity index (χ3n) is 5.80. The first kappa shape index (κ1) is 24.3. The molecule has 34 heavy (non-hydrogen) atoms. The second-order valence-electron chi connectivity index (χ2n) is 7.33. The van der Waals surface area contributed by atoms with E-state index in [2.05, 4.69) is 31.9 Å². The summed E-state index contributed by atoms with van der Waals surface area (Å²) in [7, 11) is 9.81. The monoisotopic (exact) mass is 590 g/mol. The van der Waals surface area contributed by atoms with Gasteiger partial charge in [0, 0.05) is 21.9 Å². The van der Waals surface area contributed by atoms with Gasteiger partial charge >= 0.3 is 0 Å². The first-order valence-corrected chi connectivity index (χ1v) is 11.9. The molecular weight excluding hydrogens is 568 g/mol.